The van der Waals surface area contributed by atoms with Crippen molar-refractivity contribution in [2.75, 3.05) is 5.32 Å². The van der Waals surface area contributed by atoms with Gasteiger partial charge in [-0.3, -0.25) is 4.79 Å². The summed E-state index contributed by atoms with van der Waals surface area (Å²) in [7, 11) is 0. The summed E-state index contributed by atoms with van der Waals surface area (Å²) in [6.45, 7) is 6.12. The summed E-state index contributed by atoms with van der Waals surface area (Å²) in [5.74, 6) is 0.703. The van der Waals surface area contributed by atoms with Gasteiger partial charge < -0.3 is 5.32 Å². The highest BCUT2D eigenvalue weighted by atomic mass is 32.2. The Kier molecular flexibility index (Phi) is 5.19. The van der Waals surface area contributed by atoms with Crippen molar-refractivity contribution < 1.29 is 4.79 Å². The van der Waals surface area contributed by atoms with Crippen molar-refractivity contribution >= 4 is 45.0 Å². The lowest BCUT2D eigenvalue weighted by Crippen LogP contribution is -2.25. The topological polar surface area (TPSA) is 72.7 Å². The van der Waals surface area contributed by atoms with Gasteiger partial charge in [0.2, 0.25) is 5.91 Å². The lowest BCUT2D eigenvalue weighted by molar-refractivity contribution is -0.115. The third kappa shape index (κ3) is 3.48. The fourth-order valence-electron chi connectivity index (χ4n) is 3.38. The molecule has 0 saturated carbocycles. The maximum absolute atomic E-state index is 12.8. The first-order chi connectivity index (χ1) is 13.1. The van der Waals surface area contributed by atoms with Crippen LogP contribution in [0.15, 0.2) is 23.6 Å². The van der Waals surface area contributed by atoms with E-state index in [1.807, 2.05) is 17.7 Å². The zero-order valence-electron chi connectivity index (χ0n) is 15.7. The van der Waals surface area contributed by atoms with E-state index < -0.39 is 0 Å². The van der Waals surface area contributed by atoms with Crippen molar-refractivity contribution in [3.8, 4) is 0 Å². The molecular weight excluding hydrogens is 378 g/mol. The highest BCUT2D eigenvalue weighted by Crippen LogP contribution is 2.40. The first-order valence-corrected chi connectivity index (χ1v) is 11.0. The van der Waals surface area contributed by atoms with E-state index in [1.165, 1.54) is 28.6 Å². The third-order valence-electron chi connectivity index (χ3n) is 5.05. The van der Waals surface area contributed by atoms with E-state index in [0.717, 1.165) is 40.3 Å². The summed E-state index contributed by atoms with van der Waals surface area (Å²) in [6.07, 6.45) is 7.71. The zero-order valence-corrected chi connectivity index (χ0v) is 17.4. The maximum Gasteiger partial charge on any atom is 0.238 e. The molecular formula is C19H23N5OS2. The van der Waals surface area contributed by atoms with E-state index >= 15 is 0 Å². The predicted octanol–water partition coefficient (Wildman–Crippen LogP) is 4.47. The number of aryl methyl sites for hydroxylation is 2. The monoisotopic (exact) mass is 401 g/mol. The summed E-state index contributed by atoms with van der Waals surface area (Å²) in [5.41, 5.74) is 1.39. The van der Waals surface area contributed by atoms with E-state index in [-0.39, 0.29) is 17.2 Å². The van der Waals surface area contributed by atoms with E-state index in [2.05, 4.69) is 34.2 Å². The van der Waals surface area contributed by atoms with E-state index in [0.29, 0.717) is 0 Å². The van der Waals surface area contributed by atoms with Gasteiger partial charge in [0, 0.05) is 16.3 Å². The molecule has 142 valence electrons. The average molecular weight is 402 g/mol. The van der Waals surface area contributed by atoms with Gasteiger partial charge in [-0.1, -0.05) is 18.7 Å². The predicted molar refractivity (Wildman–Crippen MR) is 111 cm³/mol. The molecule has 3 aromatic heterocycles. The number of thioether (sulfide) groups is 1. The van der Waals surface area contributed by atoms with Crippen LogP contribution < -0.4 is 5.32 Å². The number of aromatic nitrogens is 4. The maximum atomic E-state index is 12.8. The lowest BCUT2D eigenvalue weighted by Gasteiger charge is -2.16. The van der Waals surface area contributed by atoms with Crippen LogP contribution in [0.2, 0.25) is 0 Å². The Morgan fingerprint density at radius 1 is 1.37 bits per heavy atom. The van der Waals surface area contributed by atoms with Crippen molar-refractivity contribution in [1.29, 1.82) is 0 Å². The lowest BCUT2D eigenvalue weighted by atomic mass is 10.2. The van der Waals surface area contributed by atoms with Crippen LogP contribution in [0.5, 0.6) is 0 Å². The van der Waals surface area contributed by atoms with Gasteiger partial charge in [0.15, 0.2) is 0 Å². The molecule has 8 heteroatoms. The zero-order chi connectivity index (χ0) is 19.0. The number of hydrogen-bond acceptors (Lipinski definition) is 6. The van der Waals surface area contributed by atoms with Crippen LogP contribution in [0.25, 0.3) is 10.2 Å². The van der Waals surface area contributed by atoms with Crippen LogP contribution in [0.4, 0.5) is 5.82 Å². The van der Waals surface area contributed by atoms with Crippen molar-refractivity contribution in [2.45, 2.75) is 62.8 Å². The Balaban J connectivity index is 1.53. The Bertz CT molecular complexity index is 980. The molecule has 1 aliphatic rings. The first-order valence-electron chi connectivity index (χ1n) is 9.34. The van der Waals surface area contributed by atoms with E-state index in [1.54, 1.807) is 23.9 Å². The smallest absolute Gasteiger partial charge is 0.238 e. The number of anilines is 1. The minimum Gasteiger partial charge on any atom is -0.310 e. The van der Waals surface area contributed by atoms with Crippen LogP contribution in [0, 0.1) is 0 Å². The molecule has 2 atom stereocenters. The standard InChI is InChI=1S/C19H23N5OS2/c1-4-11(2)24-15(8-9-22-24)23-17(25)12(3)26-18-16-13-6-5-7-14(13)27-19(16)21-10-20-18/h8-12H,4-7H2,1-3H3,(H,23,25)/t11-,12-/m1/s1. The molecule has 27 heavy (non-hydrogen) atoms. The molecule has 0 unspecified atom stereocenters. The molecule has 0 spiro atoms. The SMILES string of the molecule is CC[C@@H](C)n1nccc1NC(=O)[C@@H](C)Sc1ncnc2sc3c(c12)CCC3. The molecule has 4 rings (SSSR count). The molecule has 0 aromatic carbocycles. The summed E-state index contributed by atoms with van der Waals surface area (Å²) in [5, 5.41) is 9.16. The highest BCUT2D eigenvalue weighted by Gasteiger charge is 2.24. The van der Waals surface area contributed by atoms with Crippen LogP contribution in [-0.2, 0) is 17.6 Å². The van der Waals surface area contributed by atoms with Gasteiger partial charge in [0.25, 0.3) is 0 Å². The number of fused-ring (bicyclic) bond motifs is 3. The van der Waals surface area contributed by atoms with Crippen molar-refractivity contribution in [1.82, 2.24) is 19.7 Å². The minimum absolute atomic E-state index is 0.0382. The quantitative estimate of drug-likeness (QED) is 0.487. The number of hydrogen-bond donors (Lipinski definition) is 1. The summed E-state index contributed by atoms with van der Waals surface area (Å²) in [6, 6.07) is 2.09. The number of thiophene rings is 1. The second-order valence-electron chi connectivity index (χ2n) is 6.88. The highest BCUT2D eigenvalue weighted by molar-refractivity contribution is 8.00. The van der Waals surface area contributed by atoms with Gasteiger partial charge in [0.05, 0.1) is 17.5 Å². The van der Waals surface area contributed by atoms with Crippen molar-refractivity contribution in [3.05, 3.63) is 29.0 Å². The summed E-state index contributed by atoms with van der Waals surface area (Å²) < 4.78 is 1.87. The second-order valence-corrected chi connectivity index (χ2v) is 9.30. The third-order valence-corrected chi connectivity index (χ3v) is 7.35. The number of amides is 1. The van der Waals surface area contributed by atoms with Gasteiger partial charge >= 0.3 is 0 Å². The number of nitrogens with zero attached hydrogens (tertiary/aromatic N) is 4. The molecule has 0 fully saturated rings. The first kappa shape index (κ1) is 18.4. The number of carbonyl (C=O) groups is 1. The number of carbonyl (C=O) groups excluding carboxylic acids is 1. The Morgan fingerprint density at radius 3 is 3.04 bits per heavy atom. The van der Waals surface area contributed by atoms with Gasteiger partial charge in [0.1, 0.15) is 22.0 Å². The molecule has 6 nitrogen and oxygen atoms in total. The average Bonchev–Trinajstić information content (AvgIpc) is 3.36. The normalized spacial score (nSPS) is 15.7. The Hall–Kier alpha value is -1.93. The van der Waals surface area contributed by atoms with Gasteiger partial charge in [-0.15, -0.1) is 11.3 Å². The van der Waals surface area contributed by atoms with Crippen LogP contribution in [-0.4, -0.2) is 30.9 Å². The van der Waals surface area contributed by atoms with Gasteiger partial charge in [-0.25, -0.2) is 14.6 Å². The summed E-state index contributed by atoms with van der Waals surface area (Å²) >= 11 is 3.28. The van der Waals surface area contributed by atoms with Crippen LogP contribution in [0.1, 0.15) is 50.1 Å². The van der Waals surface area contributed by atoms with E-state index in [4.69, 9.17) is 0 Å². The van der Waals surface area contributed by atoms with Gasteiger partial charge in [-0.2, -0.15) is 5.10 Å². The van der Waals surface area contributed by atoms with Crippen LogP contribution >= 0.6 is 23.1 Å². The molecule has 0 saturated heterocycles. The van der Waals surface area contributed by atoms with Crippen molar-refractivity contribution in [2.24, 2.45) is 0 Å². The fourth-order valence-corrected chi connectivity index (χ4v) is 5.62. The molecule has 1 N–H and O–H groups in total. The van der Waals surface area contributed by atoms with Crippen molar-refractivity contribution in [3.63, 3.8) is 0 Å². The Labute approximate surface area is 166 Å². The fraction of sp³-hybridized carbons (Fsp3) is 0.474. The Morgan fingerprint density at radius 2 is 2.22 bits per heavy atom. The molecule has 0 aliphatic heterocycles. The molecule has 0 bridgehead atoms. The molecule has 1 aliphatic carbocycles. The van der Waals surface area contributed by atoms with Gasteiger partial charge in [-0.05, 0) is 45.1 Å². The molecule has 3 heterocycles. The molecule has 0 radical (unpaired) electrons. The van der Waals surface area contributed by atoms with Crippen LogP contribution in [0.3, 0.4) is 0 Å². The second kappa shape index (κ2) is 7.59. The molecule has 3 aromatic rings. The number of nitrogens with one attached hydrogen (secondary N) is 1. The molecule has 1 amide bonds. The number of rotatable bonds is 6. The minimum atomic E-state index is -0.264. The summed E-state index contributed by atoms with van der Waals surface area (Å²) in [4.78, 5) is 24.2. The van der Waals surface area contributed by atoms with E-state index in [9.17, 15) is 4.79 Å². The largest absolute Gasteiger partial charge is 0.310 e.